The Morgan fingerprint density at radius 1 is 1.35 bits per heavy atom. The second kappa shape index (κ2) is 4.75. The van der Waals surface area contributed by atoms with Crippen LogP contribution in [0.1, 0.15) is 0 Å². The Morgan fingerprint density at radius 2 is 2.12 bits per heavy atom. The van der Waals surface area contributed by atoms with Gasteiger partial charge in [0.05, 0.1) is 0 Å². The van der Waals surface area contributed by atoms with Crippen molar-refractivity contribution < 1.29 is 8.42 Å². The van der Waals surface area contributed by atoms with E-state index in [2.05, 4.69) is 20.9 Å². The molecule has 0 bridgehead atoms. The van der Waals surface area contributed by atoms with Crippen LogP contribution >= 0.6 is 27.3 Å². The minimum absolute atomic E-state index is 0.283. The standard InChI is InChI=1S/C10H9BrN2O2S2/c1-13(9-4-2-3-6-12-9)17(14,15)10-8(11)5-7-16-10/h2-7H,1H3. The van der Waals surface area contributed by atoms with Gasteiger partial charge in [0.2, 0.25) is 0 Å². The van der Waals surface area contributed by atoms with Crippen molar-refractivity contribution in [2.75, 3.05) is 11.4 Å². The molecule has 0 aliphatic rings. The van der Waals surface area contributed by atoms with Crippen LogP contribution < -0.4 is 4.31 Å². The monoisotopic (exact) mass is 332 g/mol. The summed E-state index contributed by atoms with van der Waals surface area (Å²) in [6.07, 6.45) is 1.56. The van der Waals surface area contributed by atoms with Crippen LogP contribution in [0.4, 0.5) is 5.82 Å². The van der Waals surface area contributed by atoms with Gasteiger partial charge in [-0.05, 0) is 39.5 Å². The fraction of sp³-hybridized carbons (Fsp3) is 0.100. The van der Waals surface area contributed by atoms with Crippen molar-refractivity contribution in [1.82, 2.24) is 4.98 Å². The topological polar surface area (TPSA) is 50.3 Å². The van der Waals surface area contributed by atoms with Gasteiger partial charge in [0, 0.05) is 17.7 Å². The molecule has 0 amide bonds. The molecule has 0 aromatic carbocycles. The number of anilines is 1. The van der Waals surface area contributed by atoms with E-state index in [0.29, 0.717) is 10.3 Å². The molecule has 0 aliphatic carbocycles. The molecule has 7 heteroatoms. The fourth-order valence-corrected chi connectivity index (χ4v) is 4.87. The maximum atomic E-state index is 12.3. The summed E-state index contributed by atoms with van der Waals surface area (Å²) >= 11 is 4.40. The summed E-state index contributed by atoms with van der Waals surface area (Å²) in [6, 6.07) is 6.85. The average Bonchev–Trinajstić information content (AvgIpc) is 2.76. The van der Waals surface area contributed by atoms with Gasteiger partial charge in [0.15, 0.2) is 4.21 Å². The SMILES string of the molecule is CN(c1ccccn1)S(=O)(=O)c1sccc1Br. The number of hydrogen-bond donors (Lipinski definition) is 0. The molecule has 0 saturated heterocycles. The highest BCUT2D eigenvalue weighted by Crippen LogP contribution is 2.31. The molecule has 0 N–H and O–H groups in total. The maximum absolute atomic E-state index is 12.3. The van der Waals surface area contributed by atoms with Crippen LogP contribution in [0.5, 0.6) is 0 Å². The summed E-state index contributed by atoms with van der Waals surface area (Å²) in [5, 5.41) is 1.73. The van der Waals surface area contributed by atoms with E-state index in [4.69, 9.17) is 0 Å². The third-order valence-corrected chi connectivity index (χ3v) is 6.56. The molecule has 0 aliphatic heterocycles. The molecule has 90 valence electrons. The molecule has 0 spiro atoms. The number of aromatic nitrogens is 1. The van der Waals surface area contributed by atoms with Crippen LogP contribution in [-0.2, 0) is 10.0 Å². The van der Waals surface area contributed by atoms with Crippen LogP contribution in [0.3, 0.4) is 0 Å². The third-order valence-electron chi connectivity index (χ3n) is 2.15. The van der Waals surface area contributed by atoms with Crippen LogP contribution in [0.15, 0.2) is 44.5 Å². The van der Waals surface area contributed by atoms with E-state index < -0.39 is 10.0 Å². The number of halogens is 1. The smallest absolute Gasteiger partial charge is 0.252 e. The molecule has 2 aromatic heterocycles. The summed E-state index contributed by atoms with van der Waals surface area (Å²) in [6.45, 7) is 0. The zero-order valence-corrected chi connectivity index (χ0v) is 12.1. The molecule has 4 nitrogen and oxygen atoms in total. The Bertz CT molecular complexity index is 610. The van der Waals surface area contributed by atoms with Gasteiger partial charge in [-0.25, -0.2) is 13.4 Å². The lowest BCUT2D eigenvalue weighted by atomic mass is 10.5. The lowest BCUT2D eigenvalue weighted by Gasteiger charge is -2.17. The average molecular weight is 333 g/mol. The molecule has 0 unspecified atom stereocenters. The van der Waals surface area contributed by atoms with Crippen LogP contribution in [0.25, 0.3) is 0 Å². The number of nitrogens with zero attached hydrogens (tertiary/aromatic N) is 2. The number of pyridine rings is 1. The second-order valence-corrected chi connectivity index (χ2v) is 7.15. The first-order chi connectivity index (χ1) is 8.03. The molecule has 0 fully saturated rings. The van der Waals surface area contributed by atoms with Gasteiger partial charge in [-0.3, -0.25) is 4.31 Å². The van der Waals surface area contributed by atoms with Crippen molar-refractivity contribution in [3.8, 4) is 0 Å². The van der Waals surface area contributed by atoms with Crippen LogP contribution in [-0.4, -0.2) is 20.4 Å². The van der Waals surface area contributed by atoms with Crippen LogP contribution in [0, 0.1) is 0 Å². The van der Waals surface area contributed by atoms with Crippen molar-refractivity contribution in [2.45, 2.75) is 4.21 Å². The molecular formula is C10H9BrN2O2S2. The van der Waals surface area contributed by atoms with E-state index in [1.807, 2.05) is 0 Å². The Labute approximate surface area is 112 Å². The Hall–Kier alpha value is -0.920. The third kappa shape index (κ3) is 2.36. The number of thiophene rings is 1. The van der Waals surface area contributed by atoms with E-state index >= 15 is 0 Å². The minimum Gasteiger partial charge on any atom is -0.252 e. The normalized spacial score (nSPS) is 11.4. The fourth-order valence-electron chi connectivity index (χ4n) is 1.25. The molecular weight excluding hydrogens is 324 g/mol. The van der Waals surface area contributed by atoms with Gasteiger partial charge < -0.3 is 0 Å². The van der Waals surface area contributed by atoms with Gasteiger partial charge in [-0.2, -0.15) is 0 Å². The zero-order chi connectivity index (χ0) is 12.5. The van der Waals surface area contributed by atoms with E-state index in [-0.39, 0.29) is 4.21 Å². The highest BCUT2D eigenvalue weighted by molar-refractivity contribution is 9.10. The quantitative estimate of drug-likeness (QED) is 0.868. The summed E-state index contributed by atoms with van der Waals surface area (Å²) < 4.78 is 26.6. The van der Waals surface area contributed by atoms with Crippen molar-refractivity contribution in [1.29, 1.82) is 0 Å². The van der Waals surface area contributed by atoms with E-state index in [1.54, 1.807) is 35.8 Å². The number of hydrogen-bond acceptors (Lipinski definition) is 4. The predicted octanol–water partition coefficient (Wildman–Crippen LogP) is 2.73. The zero-order valence-electron chi connectivity index (χ0n) is 8.87. The molecule has 17 heavy (non-hydrogen) atoms. The molecule has 0 saturated carbocycles. The first kappa shape index (κ1) is 12.5. The molecule has 2 aromatic rings. The molecule has 2 rings (SSSR count). The highest BCUT2D eigenvalue weighted by atomic mass is 79.9. The van der Waals surface area contributed by atoms with E-state index in [1.165, 1.54) is 22.7 Å². The minimum atomic E-state index is -3.54. The van der Waals surface area contributed by atoms with E-state index in [0.717, 1.165) is 0 Å². The number of sulfonamides is 1. The number of rotatable bonds is 3. The molecule has 2 heterocycles. The maximum Gasteiger partial charge on any atom is 0.275 e. The predicted molar refractivity (Wildman–Crippen MR) is 71.8 cm³/mol. The summed E-state index contributed by atoms with van der Waals surface area (Å²) in [4.78, 5) is 4.02. The van der Waals surface area contributed by atoms with Crippen molar-refractivity contribution in [2.24, 2.45) is 0 Å². The Balaban J connectivity index is 2.45. The van der Waals surface area contributed by atoms with Gasteiger partial charge in [-0.1, -0.05) is 6.07 Å². The first-order valence-electron chi connectivity index (χ1n) is 4.66. The van der Waals surface area contributed by atoms with Crippen molar-refractivity contribution >= 4 is 43.1 Å². The van der Waals surface area contributed by atoms with E-state index in [9.17, 15) is 8.42 Å². The van der Waals surface area contributed by atoms with Crippen molar-refractivity contribution in [3.63, 3.8) is 0 Å². The second-order valence-electron chi connectivity index (χ2n) is 3.22. The summed E-state index contributed by atoms with van der Waals surface area (Å²) in [5.74, 6) is 0.396. The highest BCUT2D eigenvalue weighted by Gasteiger charge is 2.25. The first-order valence-corrected chi connectivity index (χ1v) is 7.77. The summed E-state index contributed by atoms with van der Waals surface area (Å²) in [7, 11) is -2.05. The van der Waals surface area contributed by atoms with Gasteiger partial charge in [-0.15, -0.1) is 11.3 Å². The lowest BCUT2D eigenvalue weighted by Crippen LogP contribution is -2.26. The van der Waals surface area contributed by atoms with Crippen molar-refractivity contribution in [3.05, 3.63) is 40.3 Å². The lowest BCUT2D eigenvalue weighted by molar-refractivity contribution is 0.595. The Morgan fingerprint density at radius 3 is 2.65 bits per heavy atom. The van der Waals surface area contributed by atoms with Gasteiger partial charge in [0.25, 0.3) is 10.0 Å². The largest absolute Gasteiger partial charge is 0.275 e. The van der Waals surface area contributed by atoms with Gasteiger partial charge >= 0.3 is 0 Å². The van der Waals surface area contributed by atoms with Gasteiger partial charge in [0.1, 0.15) is 5.82 Å². The molecule has 0 radical (unpaired) electrons. The van der Waals surface area contributed by atoms with Crippen LogP contribution in [0.2, 0.25) is 0 Å². The summed E-state index contributed by atoms with van der Waals surface area (Å²) in [5.41, 5.74) is 0. The molecule has 0 atom stereocenters. The Kier molecular flexibility index (Phi) is 3.50.